The van der Waals surface area contributed by atoms with Crippen LogP contribution in [0, 0.1) is 0 Å². The molecule has 1 unspecified atom stereocenters. The van der Waals surface area contributed by atoms with Gasteiger partial charge >= 0.3 is 0 Å². The number of sulfonamides is 1. The van der Waals surface area contributed by atoms with E-state index in [-0.39, 0.29) is 11.1 Å². The van der Waals surface area contributed by atoms with E-state index in [4.69, 9.17) is 5.73 Å². The maximum Gasteiger partial charge on any atom is 0.257 e. The molecule has 7 heteroatoms. The van der Waals surface area contributed by atoms with Crippen molar-refractivity contribution >= 4 is 10.0 Å². The summed E-state index contributed by atoms with van der Waals surface area (Å²) in [5.41, 5.74) is 5.52. The topological polar surface area (TPSA) is 101 Å². The first-order valence-corrected chi connectivity index (χ1v) is 6.79. The fraction of sp³-hybridized carbons (Fsp3) is 0.667. The molecule has 0 radical (unpaired) electrons. The number of hydrogen-bond donors (Lipinski definition) is 3. The summed E-state index contributed by atoms with van der Waals surface area (Å²) in [6.45, 7) is 2.35. The highest BCUT2D eigenvalue weighted by Crippen LogP contribution is 2.06. The van der Waals surface area contributed by atoms with Gasteiger partial charge in [0.1, 0.15) is 0 Å². The van der Waals surface area contributed by atoms with Crippen LogP contribution in [0.15, 0.2) is 17.6 Å². The lowest BCUT2D eigenvalue weighted by molar-refractivity contribution is 0.514. The third-order valence-corrected chi connectivity index (χ3v) is 3.72. The highest BCUT2D eigenvalue weighted by Gasteiger charge is 2.19. The van der Waals surface area contributed by atoms with E-state index in [1.165, 1.54) is 12.5 Å². The van der Waals surface area contributed by atoms with Crippen LogP contribution in [0.2, 0.25) is 0 Å². The van der Waals surface area contributed by atoms with E-state index in [2.05, 4.69) is 21.6 Å². The molecule has 0 bridgehead atoms. The highest BCUT2D eigenvalue weighted by molar-refractivity contribution is 7.89. The van der Waals surface area contributed by atoms with Crippen molar-refractivity contribution in [2.75, 3.05) is 6.54 Å². The molecule has 1 atom stereocenters. The Morgan fingerprint density at radius 3 is 2.88 bits per heavy atom. The van der Waals surface area contributed by atoms with Gasteiger partial charge in [0.25, 0.3) is 10.0 Å². The number of unbranched alkanes of at least 4 members (excludes halogenated alkanes) is 1. The zero-order valence-corrected chi connectivity index (χ0v) is 10.1. The zero-order chi connectivity index (χ0) is 12.0. The normalized spacial score (nSPS) is 13.9. The van der Waals surface area contributed by atoms with Crippen molar-refractivity contribution in [3.8, 4) is 0 Å². The number of nitrogens with two attached hydrogens (primary N) is 1. The second kappa shape index (κ2) is 5.97. The summed E-state index contributed by atoms with van der Waals surface area (Å²) in [6, 6.07) is -0.215. The Bertz CT molecular complexity index is 388. The van der Waals surface area contributed by atoms with Crippen molar-refractivity contribution in [3.05, 3.63) is 12.5 Å². The maximum atomic E-state index is 11.8. The summed E-state index contributed by atoms with van der Waals surface area (Å²) in [5, 5.41) is 0.0717. The second-order valence-electron chi connectivity index (χ2n) is 3.61. The molecular weight excluding hydrogens is 228 g/mol. The van der Waals surface area contributed by atoms with Gasteiger partial charge in [0.05, 0.1) is 12.5 Å². The fourth-order valence-corrected chi connectivity index (χ4v) is 2.54. The minimum Gasteiger partial charge on any atom is -0.335 e. The van der Waals surface area contributed by atoms with Crippen LogP contribution in [0.25, 0.3) is 0 Å². The molecule has 1 heterocycles. The summed E-state index contributed by atoms with van der Waals surface area (Å²) in [7, 11) is -3.51. The van der Waals surface area contributed by atoms with Gasteiger partial charge in [-0.15, -0.1) is 0 Å². The quantitative estimate of drug-likeness (QED) is 0.640. The van der Waals surface area contributed by atoms with E-state index in [0.29, 0.717) is 6.54 Å². The molecule has 0 aliphatic rings. The van der Waals surface area contributed by atoms with E-state index >= 15 is 0 Å². The SMILES string of the molecule is CCCCC(CN)NS(=O)(=O)c1cnc[nH]1. The summed E-state index contributed by atoms with van der Waals surface area (Å²) >= 11 is 0. The molecule has 6 nitrogen and oxygen atoms in total. The molecule has 1 aromatic rings. The smallest absolute Gasteiger partial charge is 0.257 e. The predicted molar refractivity (Wildman–Crippen MR) is 61.3 cm³/mol. The second-order valence-corrected chi connectivity index (χ2v) is 5.29. The van der Waals surface area contributed by atoms with Gasteiger partial charge in [-0.25, -0.2) is 18.1 Å². The Hall–Kier alpha value is -0.920. The molecule has 0 fully saturated rings. The van der Waals surface area contributed by atoms with Crippen molar-refractivity contribution in [3.63, 3.8) is 0 Å². The minimum atomic E-state index is -3.51. The third kappa shape index (κ3) is 3.58. The fourth-order valence-electron chi connectivity index (χ4n) is 1.35. The zero-order valence-electron chi connectivity index (χ0n) is 9.31. The van der Waals surface area contributed by atoms with Crippen LogP contribution in [0.5, 0.6) is 0 Å². The molecule has 92 valence electrons. The van der Waals surface area contributed by atoms with Crippen LogP contribution >= 0.6 is 0 Å². The molecular formula is C9H18N4O2S. The van der Waals surface area contributed by atoms with E-state index in [1.807, 2.05) is 0 Å². The van der Waals surface area contributed by atoms with E-state index < -0.39 is 10.0 Å². The number of aromatic nitrogens is 2. The molecule has 1 aromatic heterocycles. The van der Waals surface area contributed by atoms with Crippen LogP contribution in [0.4, 0.5) is 0 Å². The van der Waals surface area contributed by atoms with Gasteiger partial charge in [0.15, 0.2) is 5.03 Å². The summed E-state index contributed by atoms with van der Waals surface area (Å²) in [4.78, 5) is 6.24. The number of hydrogen-bond acceptors (Lipinski definition) is 4. The van der Waals surface area contributed by atoms with Gasteiger partial charge in [-0.05, 0) is 6.42 Å². The largest absolute Gasteiger partial charge is 0.335 e. The van der Waals surface area contributed by atoms with Crippen molar-refractivity contribution in [2.45, 2.75) is 37.3 Å². The number of nitrogens with zero attached hydrogens (tertiary/aromatic N) is 1. The van der Waals surface area contributed by atoms with Crippen LogP contribution in [-0.4, -0.2) is 31.0 Å². The van der Waals surface area contributed by atoms with Crippen LogP contribution in [0.1, 0.15) is 26.2 Å². The average Bonchev–Trinajstić information content (AvgIpc) is 2.78. The monoisotopic (exact) mass is 246 g/mol. The van der Waals surface area contributed by atoms with Crippen molar-refractivity contribution in [1.29, 1.82) is 0 Å². The van der Waals surface area contributed by atoms with Gasteiger partial charge in [-0.3, -0.25) is 0 Å². The van der Waals surface area contributed by atoms with E-state index in [1.54, 1.807) is 0 Å². The first-order valence-electron chi connectivity index (χ1n) is 5.31. The number of nitrogens with one attached hydrogen (secondary N) is 2. The number of H-pyrrole nitrogens is 1. The predicted octanol–water partition coefficient (Wildman–Crippen LogP) is 0.206. The molecule has 0 aliphatic carbocycles. The van der Waals surface area contributed by atoms with Crippen LogP contribution in [-0.2, 0) is 10.0 Å². The Balaban J connectivity index is 2.64. The molecule has 0 aromatic carbocycles. The standard InChI is InChI=1S/C9H18N4O2S/c1-2-3-4-8(5-10)13-16(14,15)9-6-11-7-12-9/h6-8,13H,2-5,10H2,1H3,(H,11,12). The molecule has 0 saturated heterocycles. The first kappa shape index (κ1) is 13.1. The van der Waals surface area contributed by atoms with Crippen LogP contribution in [0.3, 0.4) is 0 Å². The molecule has 1 rings (SSSR count). The summed E-state index contributed by atoms with van der Waals surface area (Å²) in [5.74, 6) is 0. The lowest BCUT2D eigenvalue weighted by Gasteiger charge is -2.15. The number of rotatable bonds is 7. The number of aromatic amines is 1. The molecule has 16 heavy (non-hydrogen) atoms. The highest BCUT2D eigenvalue weighted by atomic mass is 32.2. The molecule has 0 spiro atoms. The Labute approximate surface area is 95.7 Å². The van der Waals surface area contributed by atoms with Crippen LogP contribution < -0.4 is 10.5 Å². The van der Waals surface area contributed by atoms with Gasteiger partial charge in [-0.2, -0.15) is 0 Å². The lowest BCUT2D eigenvalue weighted by atomic mass is 10.1. The lowest BCUT2D eigenvalue weighted by Crippen LogP contribution is -2.40. The summed E-state index contributed by atoms with van der Waals surface area (Å²) < 4.78 is 26.1. The maximum absolute atomic E-state index is 11.8. The minimum absolute atomic E-state index is 0.0717. The van der Waals surface area contributed by atoms with Gasteiger partial charge < -0.3 is 10.7 Å². The molecule has 0 saturated carbocycles. The van der Waals surface area contributed by atoms with Crippen molar-refractivity contribution in [1.82, 2.24) is 14.7 Å². The Kier molecular flexibility index (Phi) is 4.91. The Morgan fingerprint density at radius 2 is 2.38 bits per heavy atom. The summed E-state index contributed by atoms with van der Waals surface area (Å²) in [6.07, 6.45) is 5.32. The Morgan fingerprint density at radius 1 is 1.62 bits per heavy atom. The van der Waals surface area contributed by atoms with Gasteiger partial charge in [-0.1, -0.05) is 19.8 Å². The van der Waals surface area contributed by atoms with Crippen molar-refractivity contribution in [2.24, 2.45) is 5.73 Å². The third-order valence-electron chi connectivity index (χ3n) is 2.28. The molecule has 0 amide bonds. The first-order chi connectivity index (χ1) is 7.60. The van der Waals surface area contributed by atoms with Crippen molar-refractivity contribution < 1.29 is 8.42 Å². The van der Waals surface area contributed by atoms with E-state index in [0.717, 1.165) is 19.3 Å². The van der Waals surface area contributed by atoms with Gasteiger partial charge in [0, 0.05) is 12.6 Å². The average molecular weight is 246 g/mol. The molecule has 4 N–H and O–H groups in total. The number of imidazole rings is 1. The van der Waals surface area contributed by atoms with E-state index in [9.17, 15) is 8.42 Å². The molecule has 0 aliphatic heterocycles. The van der Waals surface area contributed by atoms with Gasteiger partial charge in [0.2, 0.25) is 0 Å².